The van der Waals surface area contributed by atoms with E-state index >= 15 is 0 Å². The van der Waals surface area contributed by atoms with Crippen molar-refractivity contribution in [3.63, 3.8) is 0 Å². The number of aromatic nitrogens is 1. The van der Waals surface area contributed by atoms with Crippen LogP contribution in [0.4, 0.5) is 10.5 Å². The average Bonchev–Trinajstić information content (AvgIpc) is 2.71. The van der Waals surface area contributed by atoms with E-state index in [2.05, 4.69) is 29.5 Å². The van der Waals surface area contributed by atoms with E-state index in [1.807, 2.05) is 67.6 Å². The Bertz CT molecular complexity index is 1030. The van der Waals surface area contributed by atoms with Gasteiger partial charge in [0, 0.05) is 28.6 Å². The summed E-state index contributed by atoms with van der Waals surface area (Å²) < 4.78 is 5.86. The third kappa shape index (κ3) is 4.09. The second-order valence-corrected chi connectivity index (χ2v) is 8.11. The number of rotatable bonds is 3. The average molecular weight is 387 g/mol. The number of ether oxygens (including phenoxy) is 1. The van der Waals surface area contributed by atoms with Gasteiger partial charge in [-0.15, -0.1) is 0 Å². The number of hydrogen-bond acceptors (Lipinski definition) is 3. The standard InChI is InChI=1S/C24H25N3O2/c1-16-14-18(12-13-25-16)17-8-10-19(11-9-17)26-23(28)27-22-20-6-4-5-7-21(20)29-15-24(22,2)3/h4-14,22H,15H2,1-3H3,(H2,26,27,28). The Morgan fingerprint density at radius 2 is 1.83 bits per heavy atom. The van der Waals surface area contributed by atoms with Gasteiger partial charge in [0.05, 0.1) is 12.6 Å². The van der Waals surface area contributed by atoms with Gasteiger partial charge in [-0.2, -0.15) is 0 Å². The van der Waals surface area contributed by atoms with Gasteiger partial charge in [0.1, 0.15) is 5.75 Å². The number of carbonyl (C=O) groups excluding carboxylic acids is 1. The molecular formula is C24H25N3O2. The van der Waals surface area contributed by atoms with Crippen molar-refractivity contribution in [1.29, 1.82) is 0 Å². The summed E-state index contributed by atoms with van der Waals surface area (Å²) in [6.07, 6.45) is 1.80. The Labute approximate surface area is 171 Å². The van der Waals surface area contributed by atoms with Crippen molar-refractivity contribution in [1.82, 2.24) is 10.3 Å². The lowest BCUT2D eigenvalue weighted by Crippen LogP contribution is -2.45. The molecule has 0 saturated carbocycles. The van der Waals surface area contributed by atoms with Crippen LogP contribution < -0.4 is 15.4 Å². The van der Waals surface area contributed by atoms with Crippen LogP contribution in [0.15, 0.2) is 66.9 Å². The second-order valence-electron chi connectivity index (χ2n) is 8.11. The van der Waals surface area contributed by atoms with Gasteiger partial charge >= 0.3 is 6.03 Å². The van der Waals surface area contributed by atoms with Gasteiger partial charge in [0.2, 0.25) is 0 Å². The number of para-hydroxylation sites is 1. The SMILES string of the molecule is Cc1cc(-c2ccc(NC(=O)NC3c4ccccc4OCC3(C)C)cc2)ccn1. The third-order valence-electron chi connectivity index (χ3n) is 5.26. The van der Waals surface area contributed by atoms with Crippen molar-refractivity contribution in [3.8, 4) is 16.9 Å². The minimum Gasteiger partial charge on any atom is -0.493 e. The molecule has 29 heavy (non-hydrogen) atoms. The zero-order valence-corrected chi connectivity index (χ0v) is 16.9. The lowest BCUT2D eigenvalue weighted by molar-refractivity contribution is 0.108. The molecule has 0 spiro atoms. The molecule has 2 amide bonds. The Kier molecular flexibility index (Phi) is 4.97. The predicted molar refractivity (Wildman–Crippen MR) is 115 cm³/mol. The summed E-state index contributed by atoms with van der Waals surface area (Å²) in [5, 5.41) is 6.07. The van der Waals surface area contributed by atoms with Crippen LogP contribution in [0.1, 0.15) is 31.1 Å². The molecule has 4 rings (SSSR count). The first-order valence-electron chi connectivity index (χ1n) is 9.75. The maximum atomic E-state index is 12.7. The molecule has 1 atom stereocenters. The Morgan fingerprint density at radius 3 is 2.59 bits per heavy atom. The molecule has 5 nitrogen and oxygen atoms in total. The zero-order chi connectivity index (χ0) is 20.4. The van der Waals surface area contributed by atoms with E-state index in [0.29, 0.717) is 6.61 Å². The van der Waals surface area contributed by atoms with Crippen molar-refractivity contribution in [3.05, 3.63) is 78.1 Å². The lowest BCUT2D eigenvalue weighted by atomic mass is 9.79. The van der Waals surface area contributed by atoms with Gasteiger partial charge in [-0.1, -0.05) is 44.2 Å². The second kappa shape index (κ2) is 7.59. The van der Waals surface area contributed by atoms with E-state index < -0.39 is 0 Å². The largest absolute Gasteiger partial charge is 0.493 e. The van der Waals surface area contributed by atoms with E-state index in [-0.39, 0.29) is 17.5 Å². The van der Waals surface area contributed by atoms with E-state index in [9.17, 15) is 4.79 Å². The normalized spacial score (nSPS) is 17.0. The molecule has 0 fully saturated rings. The number of carbonyl (C=O) groups is 1. The van der Waals surface area contributed by atoms with Crippen LogP contribution in [-0.4, -0.2) is 17.6 Å². The van der Waals surface area contributed by atoms with Crippen LogP contribution in [0, 0.1) is 12.3 Å². The van der Waals surface area contributed by atoms with E-state index in [1.54, 1.807) is 6.20 Å². The molecule has 0 radical (unpaired) electrons. The molecule has 2 aromatic carbocycles. The van der Waals surface area contributed by atoms with Crippen molar-refractivity contribution in [2.45, 2.75) is 26.8 Å². The highest BCUT2D eigenvalue weighted by atomic mass is 16.5. The minimum atomic E-state index is -0.229. The highest BCUT2D eigenvalue weighted by Gasteiger charge is 2.38. The fraction of sp³-hybridized carbons (Fsp3) is 0.250. The van der Waals surface area contributed by atoms with E-state index in [0.717, 1.165) is 33.8 Å². The number of urea groups is 1. The first-order valence-corrected chi connectivity index (χ1v) is 9.75. The molecule has 0 bridgehead atoms. The molecule has 2 heterocycles. The van der Waals surface area contributed by atoms with Gasteiger partial charge in [-0.25, -0.2) is 4.79 Å². The van der Waals surface area contributed by atoms with Gasteiger partial charge in [-0.05, 0) is 48.4 Å². The lowest BCUT2D eigenvalue weighted by Gasteiger charge is -2.39. The number of fused-ring (bicyclic) bond motifs is 1. The molecule has 2 N–H and O–H groups in total. The monoisotopic (exact) mass is 387 g/mol. The Balaban J connectivity index is 1.47. The summed E-state index contributed by atoms with van der Waals surface area (Å²) in [5.74, 6) is 0.828. The number of pyridine rings is 1. The molecule has 5 heteroatoms. The summed E-state index contributed by atoms with van der Waals surface area (Å²) in [6.45, 7) is 6.72. The molecule has 148 valence electrons. The quantitative estimate of drug-likeness (QED) is 0.638. The van der Waals surface area contributed by atoms with Gasteiger partial charge < -0.3 is 15.4 Å². The molecule has 1 aromatic heterocycles. The van der Waals surface area contributed by atoms with E-state index in [4.69, 9.17) is 4.74 Å². The summed E-state index contributed by atoms with van der Waals surface area (Å²) in [5.41, 5.74) is 4.70. The van der Waals surface area contributed by atoms with Gasteiger partial charge in [0.15, 0.2) is 0 Å². The summed E-state index contributed by atoms with van der Waals surface area (Å²) in [4.78, 5) is 16.9. The van der Waals surface area contributed by atoms with Crippen molar-refractivity contribution in [2.24, 2.45) is 5.41 Å². The van der Waals surface area contributed by atoms with Crippen LogP contribution in [0.3, 0.4) is 0 Å². The van der Waals surface area contributed by atoms with Gasteiger partial charge in [0.25, 0.3) is 0 Å². The summed E-state index contributed by atoms with van der Waals surface area (Å²) >= 11 is 0. The number of nitrogens with zero attached hydrogens (tertiary/aromatic N) is 1. The number of aryl methyl sites for hydroxylation is 1. The summed E-state index contributed by atoms with van der Waals surface area (Å²) in [6, 6.07) is 19.3. The van der Waals surface area contributed by atoms with Crippen molar-refractivity contribution >= 4 is 11.7 Å². The zero-order valence-electron chi connectivity index (χ0n) is 16.9. The third-order valence-corrected chi connectivity index (χ3v) is 5.26. The predicted octanol–water partition coefficient (Wildman–Crippen LogP) is 5.34. The fourth-order valence-electron chi connectivity index (χ4n) is 3.66. The number of nitrogens with one attached hydrogen (secondary N) is 2. The topological polar surface area (TPSA) is 63.2 Å². The fourth-order valence-corrected chi connectivity index (χ4v) is 3.66. The smallest absolute Gasteiger partial charge is 0.319 e. The highest BCUT2D eigenvalue weighted by Crippen LogP contribution is 2.42. The molecule has 0 aliphatic carbocycles. The van der Waals surface area contributed by atoms with Crippen LogP contribution in [0.2, 0.25) is 0 Å². The molecule has 3 aromatic rings. The highest BCUT2D eigenvalue weighted by molar-refractivity contribution is 5.90. The summed E-state index contributed by atoms with van der Waals surface area (Å²) in [7, 11) is 0. The van der Waals surface area contributed by atoms with Crippen LogP contribution in [-0.2, 0) is 0 Å². The minimum absolute atomic E-state index is 0.133. The maximum Gasteiger partial charge on any atom is 0.319 e. The first kappa shape index (κ1) is 19.0. The maximum absolute atomic E-state index is 12.7. The van der Waals surface area contributed by atoms with Crippen LogP contribution in [0.5, 0.6) is 5.75 Å². The van der Waals surface area contributed by atoms with Gasteiger partial charge in [-0.3, -0.25) is 4.98 Å². The number of benzene rings is 2. The molecule has 0 saturated heterocycles. The van der Waals surface area contributed by atoms with E-state index in [1.165, 1.54) is 0 Å². The first-order chi connectivity index (χ1) is 13.9. The molecule has 1 aliphatic rings. The van der Waals surface area contributed by atoms with Crippen LogP contribution in [0.25, 0.3) is 11.1 Å². The molecular weight excluding hydrogens is 362 g/mol. The molecule has 1 aliphatic heterocycles. The Morgan fingerprint density at radius 1 is 1.07 bits per heavy atom. The molecule has 1 unspecified atom stereocenters. The number of amides is 2. The Hall–Kier alpha value is -3.34. The van der Waals surface area contributed by atoms with Crippen LogP contribution >= 0.6 is 0 Å². The number of hydrogen-bond donors (Lipinski definition) is 2. The van der Waals surface area contributed by atoms with Crippen molar-refractivity contribution in [2.75, 3.05) is 11.9 Å². The number of anilines is 1. The van der Waals surface area contributed by atoms with Crippen molar-refractivity contribution < 1.29 is 9.53 Å².